The molecule has 4 rings (SSSR count). The monoisotopic (exact) mass is 370 g/mol. The number of H-pyrrole nitrogens is 1. The van der Waals surface area contributed by atoms with E-state index in [0.717, 1.165) is 42.4 Å². The second-order valence-electron chi connectivity index (χ2n) is 6.89. The minimum atomic E-state index is -0.228. The molecule has 0 atom stereocenters. The Morgan fingerprint density at radius 2 is 1.88 bits per heavy atom. The van der Waals surface area contributed by atoms with Crippen LogP contribution in [-0.4, -0.2) is 28.9 Å². The number of benzene rings is 2. The van der Waals surface area contributed by atoms with Gasteiger partial charge in [0, 0.05) is 35.2 Å². The number of piperidine rings is 1. The quantitative estimate of drug-likeness (QED) is 0.698. The van der Waals surface area contributed by atoms with Crippen molar-refractivity contribution in [3.8, 4) is 0 Å². The fraction of sp³-hybridized carbons (Fsp3) is 0.286. The van der Waals surface area contributed by atoms with Crippen LogP contribution >= 0.6 is 11.6 Å². The molecule has 1 saturated heterocycles. The van der Waals surface area contributed by atoms with Gasteiger partial charge >= 0.3 is 0 Å². The Kier molecular flexibility index (Phi) is 4.68. The van der Waals surface area contributed by atoms with Crippen LogP contribution in [0.15, 0.2) is 48.7 Å². The smallest absolute Gasteiger partial charge is 0.226 e. The standard InChI is InChI=1S/C21H20ClFN2O/c22-16-3-1-14(2-4-16)11-21(26)25-9-7-15(8-10-25)19-13-24-20-12-17(23)5-6-18(19)20/h1-6,12-13,15,24H,7-11H2. The van der Waals surface area contributed by atoms with Crippen molar-refractivity contribution in [3.63, 3.8) is 0 Å². The average molecular weight is 371 g/mol. The van der Waals surface area contributed by atoms with Crippen LogP contribution in [0.4, 0.5) is 4.39 Å². The summed E-state index contributed by atoms with van der Waals surface area (Å²) >= 11 is 5.89. The molecule has 0 radical (unpaired) electrons. The summed E-state index contributed by atoms with van der Waals surface area (Å²) in [5.41, 5.74) is 3.05. The number of nitrogens with one attached hydrogen (secondary N) is 1. The van der Waals surface area contributed by atoms with Gasteiger partial charge in [-0.25, -0.2) is 4.39 Å². The molecular weight excluding hydrogens is 351 g/mol. The van der Waals surface area contributed by atoms with E-state index in [0.29, 0.717) is 17.4 Å². The maximum atomic E-state index is 13.4. The molecule has 0 saturated carbocycles. The topological polar surface area (TPSA) is 36.1 Å². The van der Waals surface area contributed by atoms with Gasteiger partial charge in [-0.05, 0) is 60.2 Å². The van der Waals surface area contributed by atoms with Crippen LogP contribution in [0.5, 0.6) is 0 Å². The molecule has 2 heterocycles. The van der Waals surface area contributed by atoms with Crippen LogP contribution in [0, 0.1) is 5.82 Å². The SMILES string of the molecule is O=C(Cc1ccc(Cl)cc1)N1CCC(c2c[nH]c3cc(F)ccc23)CC1. The van der Waals surface area contributed by atoms with Crippen LogP contribution in [0.3, 0.4) is 0 Å². The number of hydrogen-bond acceptors (Lipinski definition) is 1. The minimum Gasteiger partial charge on any atom is -0.361 e. The van der Waals surface area contributed by atoms with Gasteiger partial charge in [0.05, 0.1) is 6.42 Å². The lowest BCUT2D eigenvalue weighted by atomic mass is 9.89. The maximum absolute atomic E-state index is 13.4. The number of carbonyl (C=O) groups excluding carboxylic acids is 1. The molecule has 1 N–H and O–H groups in total. The number of amides is 1. The highest BCUT2D eigenvalue weighted by Gasteiger charge is 2.25. The van der Waals surface area contributed by atoms with Crippen molar-refractivity contribution in [2.75, 3.05) is 13.1 Å². The summed E-state index contributed by atoms with van der Waals surface area (Å²) < 4.78 is 13.4. The van der Waals surface area contributed by atoms with Crippen LogP contribution in [-0.2, 0) is 11.2 Å². The number of aromatic nitrogens is 1. The zero-order valence-electron chi connectivity index (χ0n) is 14.3. The van der Waals surface area contributed by atoms with Gasteiger partial charge in [-0.1, -0.05) is 23.7 Å². The molecule has 5 heteroatoms. The highest BCUT2D eigenvalue weighted by atomic mass is 35.5. The van der Waals surface area contributed by atoms with Crippen LogP contribution in [0.25, 0.3) is 10.9 Å². The van der Waals surface area contributed by atoms with Gasteiger partial charge in [-0.15, -0.1) is 0 Å². The summed E-state index contributed by atoms with van der Waals surface area (Å²) in [6, 6.07) is 12.3. The Hall–Kier alpha value is -2.33. The summed E-state index contributed by atoms with van der Waals surface area (Å²) in [6.45, 7) is 1.51. The Morgan fingerprint density at radius 1 is 1.15 bits per heavy atom. The summed E-state index contributed by atoms with van der Waals surface area (Å²) in [5.74, 6) is 0.328. The van der Waals surface area contributed by atoms with Gasteiger partial charge in [-0.2, -0.15) is 0 Å². The number of fused-ring (bicyclic) bond motifs is 1. The number of likely N-dealkylation sites (tertiary alicyclic amines) is 1. The first-order valence-electron chi connectivity index (χ1n) is 8.89. The van der Waals surface area contributed by atoms with Gasteiger partial charge in [0.15, 0.2) is 0 Å². The summed E-state index contributed by atoms with van der Waals surface area (Å²) in [6.07, 6.45) is 4.25. The third-order valence-corrected chi connectivity index (χ3v) is 5.48. The Bertz CT molecular complexity index is 927. The highest BCUT2D eigenvalue weighted by Crippen LogP contribution is 2.33. The molecule has 1 aromatic heterocycles. The molecule has 0 aliphatic carbocycles. The van der Waals surface area contributed by atoms with Gasteiger partial charge in [0.1, 0.15) is 5.82 Å². The summed E-state index contributed by atoms with van der Waals surface area (Å²) in [7, 11) is 0. The van der Waals surface area contributed by atoms with Crippen molar-refractivity contribution < 1.29 is 9.18 Å². The predicted octanol–water partition coefficient (Wildman–Crippen LogP) is 4.91. The first-order valence-corrected chi connectivity index (χ1v) is 9.27. The Balaban J connectivity index is 1.40. The van der Waals surface area contributed by atoms with Crippen molar-refractivity contribution in [2.45, 2.75) is 25.2 Å². The van der Waals surface area contributed by atoms with Crippen LogP contribution < -0.4 is 0 Å². The molecule has 1 amide bonds. The molecule has 0 spiro atoms. The van der Waals surface area contributed by atoms with E-state index in [9.17, 15) is 9.18 Å². The highest BCUT2D eigenvalue weighted by molar-refractivity contribution is 6.30. The molecule has 1 fully saturated rings. The summed E-state index contributed by atoms with van der Waals surface area (Å²) in [5, 5.41) is 1.76. The first-order chi connectivity index (χ1) is 12.6. The second kappa shape index (κ2) is 7.12. The fourth-order valence-corrected chi connectivity index (χ4v) is 3.91. The van der Waals surface area contributed by atoms with E-state index >= 15 is 0 Å². The van der Waals surface area contributed by atoms with Crippen molar-refractivity contribution >= 4 is 28.4 Å². The Labute approximate surface area is 156 Å². The number of carbonyl (C=O) groups is 1. The normalized spacial score (nSPS) is 15.5. The molecule has 26 heavy (non-hydrogen) atoms. The van der Waals surface area contributed by atoms with E-state index in [4.69, 9.17) is 11.6 Å². The zero-order valence-corrected chi connectivity index (χ0v) is 15.1. The number of rotatable bonds is 3. The summed E-state index contributed by atoms with van der Waals surface area (Å²) in [4.78, 5) is 17.7. The first kappa shape index (κ1) is 17.1. The molecule has 134 valence electrons. The van der Waals surface area contributed by atoms with Crippen molar-refractivity contribution in [3.05, 3.63) is 70.6 Å². The van der Waals surface area contributed by atoms with E-state index in [1.165, 1.54) is 17.7 Å². The molecule has 1 aliphatic heterocycles. The fourth-order valence-electron chi connectivity index (χ4n) is 3.79. The maximum Gasteiger partial charge on any atom is 0.226 e. The van der Waals surface area contributed by atoms with Gasteiger partial charge in [-0.3, -0.25) is 4.79 Å². The number of hydrogen-bond donors (Lipinski definition) is 1. The molecule has 0 unspecified atom stereocenters. The van der Waals surface area contributed by atoms with Crippen molar-refractivity contribution in [1.29, 1.82) is 0 Å². The van der Waals surface area contributed by atoms with Crippen LogP contribution in [0.2, 0.25) is 5.02 Å². The lowest BCUT2D eigenvalue weighted by Crippen LogP contribution is -2.38. The molecule has 3 nitrogen and oxygen atoms in total. The molecule has 0 bridgehead atoms. The minimum absolute atomic E-state index is 0.159. The third kappa shape index (κ3) is 3.47. The van der Waals surface area contributed by atoms with Gasteiger partial charge < -0.3 is 9.88 Å². The van der Waals surface area contributed by atoms with E-state index in [-0.39, 0.29) is 11.7 Å². The zero-order chi connectivity index (χ0) is 18.1. The average Bonchev–Trinajstić information content (AvgIpc) is 3.06. The van der Waals surface area contributed by atoms with Crippen molar-refractivity contribution in [1.82, 2.24) is 9.88 Å². The number of nitrogens with zero attached hydrogens (tertiary/aromatic N) is 1. The molecule has 2 aromatic carbocycles. The van der Waals surface area contributed by atoms with E-state index in [1.807, 2.05) is 41.4 Å². The van der Waals surface area contributed by atoms with Crippen LogP contribution in [0.1, 0.15) is 29.9 Å². The van der Waals surface area contributed by atoms with E-state index < -0.39 is 0 Å². The molecule has 3 aromatic rings. The predicted molar refractivity (Wildman–Crippen MR) is 102 cm³/mol. The lowest BCUT2D eigenvalue weighted by Gasteiger charge is -2.32. The second-order valence-corrected chi connectivity index (χ2v) is 7.33. The number of halogens is 2. The molecule has 1 aliphatic rings. The van der Waals surface area contributed by atoms with Crippen molar-refractivity contribution in [2.24, 2.45) is 0 Å². The van der Waals surface area contributed by atoms with E-state index in [1.54, 1.807) is 0 Å². The Morgan fingerprint density at radius 3 is 2.62 bits per heavy atom. The van der Waals surface area contributed by atoms with Gasteiger partial charge in [0.2, 0.25) is 5.91 Å². The largest absolute Gasteiger partial charge is 0.361 e. The third-order valence-electron chi connectivity index (χ3n) is 5.23. The van der Waals surface area contributed by atoms with Gasteiger partial charge in [0.25, 0.3) is 0 Å². The lowest BCUT2D eigenvalue weighted by molar-refractivity contribution is -0.131. The van der Waals surface area contributed by atoms with E-state index in [2.05, 4.69) is 4.98 Å². The molecular formula is C21H20ClFN2O. The number of aromatic amines is 1.